The smallest absolute Gasteiger partial charge is 0.308 e. The highest BCUT2D eigenvalue weighted by molar-refractivity contribution is 7.15. The Morgan fingerprint density at radius 2 is 2.11 bits per heavy atom. The Kier molecular flexibility index (Phi) is 4.52. The second kappa shape index (κ2) is 6.33. The van der Waals surface area contributed by atoms with Crippen LogP contribution < -0.4 is 4.74 Å². The summed E-state index contributed by atoms with van der Waals surface area (Å²) in [4.78, 5) is 15.6. The molecule has 4 nitrogen and oxygen atoms in total. The molecule has 0 atom stereocenters. The molecular weight excluding hydrogens is 262 g/mol. The van der Waals surface area contributed by atoms with E-state index in [-0.39, 0.29) is 6.42 Å². The molecule has 2 aromatic rings. The fourth-order valence-electron chi connectivity index (χ4n) is 1.59. The van der Waals surface area contributed by atoms with Crippen LogP contribution in [0, 0.1) is 0 Å². The molecule has 0 spiro atoms. The summed E-state index contributed by atoms with van der Waals surface area (Å²) in [5, 5.41) is 9.56. The van der Waals surface area contributed by atoms with Gasteiger partial charge in [-0.3, -0.25) is 4.79 Å². The third kappa shape index (κ3) is 3.79. The summed E-state index contributed by atoms with van der Waals surface area (Å²) >= 11 is 1.41. The zero-order chi connectivity index (χ0) is 13.7. The summed E-state index contributed by atoms with van der Waals surface area (Å²) in [5.74, 6) is 0.00595. The van der Waals surface area contributed by atoms with Gasteiger partial charge in [0.2, 0.25) is 0 Å². The summed E-state index contributed by atoms with van der Waals surface area (Å²) in [5.41, 5.74) is 0.977. The molecule has 2 rings (SSSR count). The Labute approximate surface area is 115 Å². The highest BCUT2D eigenvalue weighted by atomic mass is 32.1. The standard InChI is InChI=1S/C14H15NO3S/c1-2-7-18-11-5-3-10(4-6-11)14-15-9-12(19-14)8-13(16)17/h3-6,9H,2,7-8H2,1H3,(H,16,17). The number of carboxylic acids is 1. The lowest BCUT2D eigenvalue weighted by molar-refractivity contribution is -0.136. The number of ether oxygens (including phenoxy) is 1. The molecule has 0 saturated carbocycles. The Bertz CT molecular complexity index is 548. The van der Waals surface area contributed by atoms with E-state index in [1.165, 1.54) is 11.3 Å². The summed E-state index contributed by atoms with van der Waals surface area (Å²) < 4.78 is 5.51. The van der Waals surface area contributed by atoms with E-state index in [0.29, 0.717) is 6.61 Å². The van der Waals surface area contributed by atoms with E-state index in [2.05, 4.69) is 11.9 Å². The molecule has 1 N–H and O–H groups in total. The van der Waals surface area contributed by atoms with Crippen LogP contribution in [0.2, 0.25) is 0 Å². The number of rotatable bonds is 6. The first-order valence-electron chi connectivity index (χ1n) is 6.08. The minimum atomic E-state index is -0.835. The van der Waals surface area contributed by atoms with Gasteiger partial charge in [-0.25, -0.2) is 4.98 Å². The fraction of sp³-hybridized carbons (Fsp3) is 0.286. The largest absolute Gasteiger partial charge is 0.494 e. The van der Waals surface area contributed by atoms with Crippen molar-refractivity contribution in [2.75, 3.05) is 6.61 Å². The van der Waals surface area contributed by atoms with Gasteiger partial charge in [0, 0.05) is 16.6 Å². The topological polar surface area (TPSA) is 59.4 Å². The molecule has 0 unspecified atom stereocenters. The SMILES string of the molecule is CCCOc1ccc(-c2ncc(CC(=O)O)s2)cc1. The number of hydrogen-bond donors (Lipinski definition) is 1. The molecule has 0 aliphatic carbocycles. The molecule has 100 valence electrons. The minimum absolute atomic E-state index is 0.0232. The maximum absolute atomic E-state index is 10.6. The van der Waals surface area contributed by atoms with Crippen LogP contribution in [0.3, 0.4) is 0 Å². The van der Waals surface area contributed by atoms with Crippen molar-refractivity contribution in [3.63, 3.8) is 0 Å². The Balaban J connectivity index is 2.09. The van der Waals surface area contributed by atoms with E-state index in [0.717, 1.165) is 27.6 Å². The van der Waals surface area contributed by atoms with Crippen LogP contribution in [0.1, 0.15) is 18.2 Å². The van der Waals surface area contributed by atoms with Crippen molar-refractivity contribution in [3.05, 3.63) is 35.3 Å². The van der Waals surface area contributed by atoms with Crippen molar-refractivity contribution in [2.24, 2.45) is 0 Å². The first kappa shape index (κ1) is 13.5. The Morgan fingerprint density at radius 1 is 1.37 bits per heavy atom. The molecular formula is C14H15NO3S. The van der Waals surface area contributed by atoms with Crippen LogP contribution in [-0.4, -0.2) is 22.7 Å². The van der Waals surface area contributed by atoms with E-state index < -0.39 is 5.97 Å². The Morgan fingerprint density at radius 3 is 2.74 bits per heavy atom. The lowest BCUT2D eigenvalue weighted by atomic mass is 10.2. The molecule has 0 fully saturated rings. The van der Waals surface area contributed by atoms with E-state index in [1.807, 2.05) is 24.3 Å². The molecule has 19 heavy (non-hydrogen) atoms. The zero-order valence-corrected chi connectivity index (χ0v) is 11.4. The van der Waals surface area contributed by atoms with Gasteiger partial charge in [0.15, 0.2) is 0 Å². The van der Waals surface area contributed by atoms with Gasteiger partial charge in [0.25, 0.3) is 0 Å². The lowest BCUT2D eigenvalue weighted by Gasteiger charge is -2.04. The number of carboxylic acid groups (broad SMARTS) is 1. The van der Waals surface area contributed by atoms with Gasteiger partial charge in [0.05, 0.1) is 13.0 Å². The molecule has 0 aliphatic heterocycles. The van der Waals surface area contributed by atoms with Crippen molar-refractivity contribution in [1.82, 2.24) is 4.98 Å². The molecule has 0 aliphatic rings. The van der Waals surface area contributed by atoms with Gasteiger partial charge in [0.1, 0.15) is 10.8 Å². The number of aromatic nitrogens is 1. The zero-order valence-electron chi connectivity index (χ0n) is 10.6. The summed E-state index contributed by atoms with van der Waals surface area (Å²) in [6.45, 7) is 2.77. The van der Waals surface area contributed by atoms with Crippen molar-refractivity contribution in [2.45, 2.75) is 19.8 Å². The summed E-state index contributed by atoms with van der Waals surface area (Å²) in [6, 6.07) is 7.69. The maximum Gasteiger partial charge on any atom is 0.308 e. The van der Waals surface area contributed by atoms with Crippen molar-refractivity contribution >= 4 is 17.3 Å². The van der Waals surface area contributed by atoms with Crippen molar-refractivity contribution in [3.8, 4) is 16.3 Å². The van der Waals surface area contributed by atoms with E-state index in [1.54, 1.807) is 6.20 Å². The van der Waals surface area contributed by atoms with E-state index >= 15 is 0 Å². The summed E-state index contributed by atoms with van der Waals surface area (Å²) in [7, 11) is 0. The van der Waals surface area contributed by atoms with Crippen LogP contribution in [0.5, 0.6) is 5.75 Å². The number of aliphatic carboxylic acids is 1. The van der Waals surface area contributed by atoms with E-state index in [9.17, 15) is 4.79 Å². The number of carbonyl (C=O) groups is 1. The average molecular weight is 277 g/mol. The second-order valence-corrected chi connectivity index (χ2v) is 5.19. The third-order valence-electron chi connectivity index (χ3n) is 2.45. The van der Waals surface area contributed by atoms with Crippen LogP contribution in [-0.2, 0) is 11.2 Å². The highest BCUT2D eigenvalue weighted by Crippen LogP contribution is 2.27. The van der Waals surface area contributed by atoms with Gasteiger partial charge in [-0.05, 0) is 30.7 Å². The van der Waals surface area contributed by atoms with Crippen LogP contribution in [0.25, 0.3) is 10.6 Å². The monoisotopic (exact) mass is 277 g/mol. The van der Waals surface area contributed by atoms with Crippen LogP contribution >= 0.6 is 11.3 Å². The van der Waals surface area contributed by atoms with Gasteiger partial charge in [-0.15, -0.1) is 11.3 Å². The van der Waals surface area contributed by atoms with Gasteiger partial charge < -0.3 is 9.84 Å². The Hall–Kier alpha value is -1.88. The molecule has 1 heterocycles. The second-order valence-electron chi connectivity index (χ2n) is 4.08. The molecule has 1 aromatic carbocycles. The van der Waals surface area contributed by atoms with Crippen LogP contribution in [0.15, 0.2) is 30.5 Å². The number of nitrogens with zero attached hydrogens (tertiary/aromatic N) is 1. The fourth-order valence-corrected chi connectivity index (χ4v) is 2.49. The molecule has 5 heteroatoms. The molecule has 0 saturated heterocycles. The van der Waals surface area contributed by atoms with E-state index in [4.69, 9.17) is 9.84 Å². The molecule has 0 bridgehead atoms. The predicted molar refractivity (Wildman–Crippen MR) is 74.7 cm³/mol. The highest BCUT2D eigenvalue weighted by Gasteiger charge is 2.07. The lowest BCUT2D eigenvalue weighted by Crippen LogP contribution is -1.97. The quantitative estimate of drug-likeness (QED) is 0.880. The van der Waals surface area contributed by atoms with Gasteiger partial charge in [-0.1, -0.05) is 6.92 Å². The molecule has 0 amide bonds. The third-order valence-corrected chi connectivity index (χ3v) is 3.50. The van der Waals surface area contributed by atoms with Gasteiger partial charge in [-0.2, -0.15) is 0 Å². The van der Waals surface area contributed by atoms with Crippen molar-refractivity contribution in [1.29, 1.82) is 0 Å². The summed E-state index contributed by atoms with van der Waals surface area (Å²) in [6.07, 6.45) is 2.62. The normalized spacial score (nSPS) is 10.4. The number of benzene rings is 1. The predicted octanol–water partition coefficient (Wildman–Crippen LogP) is 3.23. The number of thiazole rings is 1. The first-order chi connectivity index (χ1) is 9.19. The van der Waals surface area contributed by atoms with Gasteiger partial charge >= 0.3 is 5.97 Å². The first-order valence-corrected chi connectivity index (χ1v) is 6.90. The van der Waals surface area contributed by atoms with Crippen molar-refractivity contribution < 1.29 is 14.6 Å². The molecule has 1 aromatic heterocycles. The molecule has 0 radical (unpaired) electrons. The maximum atomic E-state index is 10.6. The minimum Gasteiger partial charge on any atom is -0.494 e. The average Bonchev–Trinajstić information content (AvgIpc) is 2.84. The number of hydrogen-bond acceptors (Lipinski definition) is 4. The van der Waals surface area contributed by atoms with Crippen LogP contribution in [0.4, 0.5) is 0 Å².